The van der Waals surface area contributed by atoms with E-state index in [1.807, 2.05) is 13.1 Å². The Kier molecular flexibility index (Phi) is 6.88. The summed E-state index contributed by atoms with van der Waals surface area (Å²) < 4.78 is 16.1. The van der Waals surface area contributed by atoms with Crippen molar-refractivity contribution in [2.45, 2.75) is 26.5 Å². The minimum Gasteiger partial charge on any atom is -0.467 e. The van der Waals surface area contributed by atoms with Crippen molar-refractivity contribution in [1.82, 2.24) is 5.32 Å². The molecule has 0 saturated heterocycles. The molecule has 0 bridgehead atoms. The van der Waals surface area contributed by atoms with Crippen LogP contribution in [-0.2, 0) is 22.6 Å². The van der Waals surface area contributed by atoms with Gasteiger partial charge in [0.2, 0.25) is 0 Å². The lowest BCUT2D eigenvalue weighted by Gasteiger charge is -2.02. The molecule has 4 nitrogen and oxygen atoms in total. The van der Waals surface area contributed by atoms with Crippen molar-refractivity contribution >= 4 is 0 Å². The molecule has 16 heavy (non-hydrogen) atoms. The Bertz CT molecular complexity index is 273. The van der Waals surface area contributed by atoms with Crippen LogP contribution >= 0.6 is 0 Å². The summed E-state index contributed by atoms with van der Waals surface area (Å²) in [5, 5.41) is 3.07. The van der Waals surface area contributed by atoms with Crippen molar-refractivity contribution in [1.29, 1.82) is 0 Å². The van der Waals surface area contributed by atoms with E-state index in [-0.39, 0.29) is 0 Å². The first kappa shape index (κ1) is 13.2. The van der Waals surface area contributed by atoms with Crippen LogP contribution in [0.5, 0.6) is 0 Å². The molecule has 0 saturated carbocycles. The Morgan fingerprint density at radius 3 is 2.81 bits per heavy atom. The third-order valence-electron chi connectivity index (χ3n) is 2.05. The van der Waals surface area contributed by atoms with Gasteiger partial charge in [0.25, 0.3) is 0 Å². The van der Waals surface area contributed by atoms with E-state index in [4.69, 9.17) is 13.9 Å². The zero-order chi connectivity index (χ0) is 11.6. The highest BCUT2D eigenvalue weighted by molar-refractivity contribution is 5.11. The van der Waals surface area contributed by atoms with Crippen LogP contribution in [0, 0.1) is 0 Å². The standard InChI is InChI=1S/C12H21NO3/c1-3-4-14-5-6-15-10-12-7-11(8-13-2)9-16-12/h7,9,13H,3-6,8,10H2,1-2H3. The monoisotopic (exact) mass is 227 g/mol. The number of hydrogen-bond acceptors (Lipinski definition) is 4. The summed E-state index contributed by atoms with van der Waals surface area (Å²) >= 11 is 0. The van der Waals surface area contributed by atoms with Gasteiger partial charge < -0.3 is 19.2 Å². The molecule has 1 aromatic heterocycles. The number of nitrogens with one attached hydrogen (secondary N) is 1. The predicted octanol–water partition coefficient (Wildman–Crippen LogP) is 1.94. The van der Waals surface area contributed by atoms with E-state index in [9.17, 15) is 0 Å². The summed E-state index contributed by atoms with van der Waals surface area (Å²) in [4.78, 5) is 0. The molecule has 92 valence electrons. The molecule has 0 radical (unpaired) electrons. The maximum absolute atomic E-state index is 5.42. The topological polar surface area (TPSA) is 43.6 Å². The van der Waals surface area contributed by atoms with Crippen LogP contribution in [0.1, 0.15) is 24.7 Å². The van der Waals surface area contributed by atoms with Gasteiger partial charge in [0.05, 0.1) is 19.5 Å². The van der Waals surface area contributed by atoms with Crippen molar-refractivity contribution in [3.8, 4) is 0 Å². The first-order valence-electron chi connectivity index (χ1n) is 5.73. The molecule has 0 amide bonds. The summed E-state index contributed by atoms with van der Waals surface area (Å²) in [7, 11) is 1.91. The molecule has 1 N–H and O–H groups in total. The Hall–Kier alpha value is -0.840. The van der Waals surface area contributed by atoms with Crippen LogP contribution in [-0.4, -0.2) is 26.9 Å². The van der Waals surface area contributed by atoms with Gasteiger partial charge in [-0.25, -0.2) is 0 Å². The van der Waals surface area contributed by atoms with Gasteiger partial charge in [-0.1, -0.05) is 6.92 Å². The van der Waals surface area contributed by atoms with Gasteiger partial charge in [-0.3, -0.25) is 0 Å². The van der Waals surface area contributed by atoms with E-state index in [1.165, 1.54) is 0 Å². The molecular formula is C12H21NO3. The van der Waals surface area contributed by atoms with Gasteiger partial charge in [0, 0.05) is 18.7 Å². The molecule has 1 rings (SSSR count). The van der Waals surface area contributed by atoms with Crippen LogP contribution in [0.25, 0.3) is 0 Å². The number of ether oxygens (including phenoxy) is 2. The predicted molar refractivity (Wildman–Crippen MR) is 62.2 cm³/mol. The average molecular weight is 227 g/mol. The van der Waals surface area contributed by atoms with Gasteiger partial charge >= 0.3 is 0 Å². The van der Waals surface area contributed by atoms with E-state index in [0.717, 1.165) is 30.9 Å². The molecule has 4 heteroatoms. The lowest BCUT2D eigenvalue weighted by atomic mass is 10.3. The second kappa shape index (κ2) is 8.33. The van der Waals surface area contributed by atoms with Crippen molar-refractivity contribution in [2.75, 3.05) is 26.9 Å². The zero-order valence-corrected chi connectivity index (χ0v) is 10.1. The molecule has 0 aromatic carbocycles. The van der Waals surface area contributed by atoms with E-state index in [1.54, 1.807) is 6.26 Å². The minimum atomic E-state index is 0.513. The molecule has 0 fully saturated rings. The van der Waals surface area contributed by atoms with Gasteiger partial charge in [-0.05, 0) is 19.5 Å². The number of furan rings is 1. The molecule has 1 heterocycles. The van der Waals surface area contributed by atoms with E-state index >= 15 is 0 Å². The summed E-state index contributed by atoms with van der Waals surface area (Å²) in [6.45, 7) is 5.49. The van der Waals surface area contributed by atoms with Gasteiger partial charge in [0.15, 0.2) is 0 Å². The van der Waals surface area contributed by atoms with Crippen LogP contribution in [0.15, 0.2) is 16.7 Å². The highest BCUT2D eigenvalue weighted by Crippen LogP contribution is 2.08. The van der Waals surface area contributed by atoms with E-state index < -0.39 is 0 Å². The summed E-state index contributed by atoms with van der Waals surface area (Å²) in [5.74, 6) is 0.862. The van der Waals surface area contributed by atoms with Gasteiger partial charge in [0.1, 0.15) is 12.4 Å². The fourth-order valence-electron chi connectivity index (χ4n) is 1.34. The lowest BCUT2D eigenvalue weighted by Crippen LogP contribution is -2.05. The second-order valence-corrected chi connectivity index (χ2v) is 3.62. The fraction of sp³-hybridized carbons (Fsp3) is 0.667. The normalized spacial score (nSPS) is 10.9. The molecule has 0 unspecified atom stereocenters. The SMILES string of the molecule is CCCOCCOCc1cc(CNC)co1. The summed E-state index contributed by atoms with van der Waals surface area (Å²) in [5.41, 5.74) is 1.14. The second-order valence-electron chi connectivity index (χ2n) is 3.62. The lowest BCUT2D eigenvalue weighted by molar-refractivity contribution is 0.0350. The third kappa shape index (κ3) is 5.30. The van der Waals surface area contributed by atoms with Crippen LogP contribution in [0.3, 0.4) is 0 Å². The van der Waals surface area contributed by atoms with Crippen LogP contribution in [0.4, 0.5) is 0 Å². The maximum atomic E-state index is 5.42. The Balaban J connectivity index is 2.07. The van der Waals surface area contributed by atoms with Crippen LogP contribution < -0.4 is 5.32 Å². The van der Waals surface area contributed by atoms with Gasteiger partial charge in [-0.15, -0.1) is 0 Å². The van der Waals surface area contributed by atoms with Gasteiger partial charge in [-0.2, -0.15) is 0 Å². The van der Waals surface area contributed by atoms with Crippen molar-refractivity contribution in [3.05, 3.63) is 23.7 Å². The molecule has 0 spiro atoms. The molecule has 0 aliphatic carbocycles. The maximum Gasteiger partial charge on any atom is 0.129 e. The quantitative estimate of drug-likeness (QED) is 0.655. The molecule has 0 aliphatic heterocycles. The highest BCUT2D eigenvalue weighted by Gasteiger charge is 2.00. The largest absolute Gasteiger partial charge is 0.467 e. The van der Waals surface area contributed by atoms with Crippen molar-refractivity contribution in [3.63, 3.8) is 0 Å². The van der Waals surface area contributed by atoms with Crippen molar-refractivity contribution < 1.29 is 13.9 Å². The molecule has 0 aliphatic rings. The smallest absolute Gasteiger partial charge is 0.129 e. The fourth-order valence-corrected chi connectivity index (χ4v) is 1.34. The summed E-state index contributed by atoms with van der Waals surface area (Å²) in [6.07, 6.45) is 2.80. The summed E-state index contributed by atoms with van der Waals surface area (Å²) in [6, 6.07) is 2.00. The zero-order valence-electron chi connectivity index (χ0n) is 10.1. The van der Waals surface area contributed by atoms with E-state index in [0.29, 0.717) is 19.8 Å². The van der Waals surface area contributed by atoms with Crippen LogP contribution in [0.2, 0.25) is 0 Å². The molecule has 0 atom stereocenters. The molecular weight excluding hydrogens is 206 g/mol. The minimum absolute atomic E-state index is 0.513. The Morgan fingerprint density at radius 2 is 2.06 bits per heavy atom. The average Bonchev–Trinajstić information content (AvgIpc) is 2.72. The third-order valence-corrected chi connectivity index (χ3v) is 2.05. The number of hydrogen-bond donors (Lipinski definition) is 1. The first-order chi connectivity index (χ1) is 7.86. The first-order valence-corrected chi connectivity index (χ1v) is 5.73. The van der Waals surface area contributed by atoms with Crippen molar-refractivity contribution in [2.24, 2.45) is 0 Å². The number of rotatable bonds is 9. The van der Waals surface area contributed by atoms with E-state index in [2.05, 4.69) is 12.2 Å². The Morgan fingerprint density at radius 1 is 1.25 bits per heavy atom. The Labute approximate surface area is 96.9 Å². The molecule has 1 aromatic rings. The highest BCUT2D eigenvalue weighted by atomic mass is 16.5.